The number of rotatable bonds is 3. The number of alkyl halides is 2. The topological polar surface area (TPSA) is 32.3 Å². The Labute approximate surface area is 101 Å². The number of amides is 1. The van der Waals surface area contributed by atoms with E-state index in [1.165, 1.54) is 0 Å². The average molecular weight is 293 g/mol. The van der Waals surface area contributed by atoms with E-state index in [1.807, 2.05) is 0 Å². The Hall–Kier alpha value is -1.17. The Morgan fingerprint density at radius 1 is 1.44 bits per heavy atom. The van der Waals surface area contributed by atoms with Crippen LogP contribution in [0, 0.1) is 0 Å². The van der Waals surface area contributed by atoms with Gasteiger partial charge in [-0.25, -0.2) is 0 Å². The molecule has 0 fully saturated rings. The Morgan fingerprint density at radius 2 is 2.06 bits per heavy atom. The fourth-order valence-electron chi connectivity index (χ4n) is 1.19. The van der Waals surface area contributed by atoms with Crippen LogP contribution in [0.4, 0.5) is 20.2 Å². The van der Waals surface area contributed by atoms with Gasteiger partial charge in [0.1, 0.15) is 0 Å². The maximum Gasteiger partial charge on any atom is 0.315 e. The van der Waals surface area contributed by atoms with Crippen LogP contribution in [0.5, 0.6) is 0 Å². The van der Waals surface area contributed by atoms with Gasteiger partial charge >= 0.3 is 6.43 Å². The quantitative estimate of drug-likeness (QED) is 0.929. The van der Waals surface area contributed by atoms with Crippen LogP contribution >= 0.6 is 15.9 Å². The van der Waals surface area contributed by atoms with Crippen LogP contribution in [0.3, 0.4) is 0 Å². The molecule has 0 unspecified atom stereocenters. The van der Waals surface area contributed by atoms with Gasteiger partial charge in [0.05, 0.1) is 11.4 Å². The fraction of sp³-hybridized carbons (Fsp3) is 0.300. The Bertz CT molecular complexity index is 396. The van der Waals surface area contributed by atoms with Crippen molar-refractivity contribution < 1.29 is 13.6 Å². The molecule has 88 valence electrons. The zero-order valence-electron chi connectivity index (χ0n) is 8.80. The maximum absolute atomic E-state index is 12.1. The number of hydrogen-bond acceptors (Lipinski definition) is 2. The molecule has 0 atom stereocenters. The van der Waals surface area contributed by atoms with Crippen molar-refractivity contribution in [2.75, 3.05) is 24.3 Å². The predicted molar refractivity (Wildman–Crippen MR) is 63.1 cm³/mol. The summed E-state index contributed by atoms with van der Waals surface area (Å²) in [5.74, 6) is -1.30. The normalized spacial score (nSPS) is 10.4. The molecule has 1 aromatic rings. The first-order valence-corrected chi connectivity index (χ1v) is 5.27. The van der Waals surface area contributed by atoms with E-state index in [0.29, 0.717) is 15.8 Å². The minimum absolute atomic E-state index is 0.352. The fourth-order valence-corrected chi connectivity index (χ4v) is 1.55. The van der Waals surface area contributed by atoms with Crippen molar-refractivity contribution in [3.8, 4) is 0 Å². The summed E-state index contributed by atoms with van der Waals surface area (Å²) in [4.78, 5) is 12.6. The van der Waals surface area contributed by atoms with Gasteiger partial charge in [-0.1, -0.05) is 15.9 Å². The highest BCUT2D eigenvalue weighted by Gasteiger charge is 2.17. The lowest BCUT2D eigenvalue weighted by Crippen LogP contribution is -2.22. The van der Waals surface area contributed by atoms with Gasteiger partial charge in [-0.2, -0.15) is 8.78 Å². The molecule has 0 spiro atoms. The molecule has 1 amide bonds. The van der Waals surface area contributed by atoms with Gasteiger partial charge in [-0.05, 0) is 18.2 Å². The minimum atomic E-state index is -3.02. The van der Waals surface area contributed by atoms with E-state index in [0.717, 1.165) is 0 Å². The Kier molecular flexibility index (Phi) is 4.23. The van der Waals surface area contributed by atoms with Crippen LogP contribution in [0.25, 0.3) is 0 Å². The summed E-state index contributed by atoms with van der Waals surface area (Å²) in [6.07, 6.45) is -3.02. The van der Waals surface area contributed by atoms with Crippen LogP contribution in [-0.2, 0) is 4.79 Å². The van der Waals surface area contributed by atoms with Crippen LogP contribution in [0.2, 0.25) is 0 Å². The number of carbonyl (C=O) groups is 1. The average Bonchev–Trinajstić information content (AvgIpc) is 2.16. The molecular weight excluding hydrogens is 282 g/mol. The van der Waals surface area contributed by atoms with Crippen molar-refractivity contribution in [1.82, 2.24) is 0 Å². The number of anilines is 2. The van der Waals surface area contributed by atoms with Crippen molar-refractivity contribution in [1.29, 1.82) is 0 Å². The second kappa shape index (κ2) is 5.25. The number of halogens is 3. The summed E-state index contributed by atoms with van der Waals surface area (Å²) in [5.41, 5.74) is 1.02. The zero-order chi connectivity index (χ0) is 12.3. The van der Waals surface area contributed by atoms with E-state index in [4.69, 9.17) is 0 Å². The SMILES string of the molecule is CN(C)c1ccc(Br)cc1NC(=O)C(F)F. The van der Waals surface area contributed by atoms with Crippen molar-refractivity contribution >= 4 is 33.2 Å². The van der Waals surface area contributed by atoms with E-state index in [2.05, 4.69) is 21.2 Å². The highest BCUT2D eigenvalue weighted by atomic mass is 79.9. The number of nitrogens with zero attached hydrogens (tertiary/aromatic N) is 1. The Morgan fingerprint density at radius 3 is 2.56 bits per heavy atom. The maximum atomic E-state index is 12.1. The van der Waals surface area contributed by atoms with Crippen molar-refractivity contribution in [2.45, 2.75) is 6.43 Å². The molecule has 1 rings (SSSR count). The molecule has 0 saturated carbocycles. The molecule has 0 aliphatic rings. The lowest BCUT2D eigenvalue weighted by molar-refractivity contribution is -0.126. The summed E-state index contributed by atoms with van der Waals surface area (Å²) >= 11 is 3.22. The lowest BCUT2D eigenvalue weighted by Gasteiger charge is -2.18. The van der Waals surface area contributed by atoms with Gasteiger partial charge in [0.25, 0.3) is 5.91 Å². The zero-order valence-corrected chi connectivity index (χ0v) is 10.4. The van der Waals surface area contributed by atoms with E-state index < -0.39 is 12.3 Å². The Balaban J connectivity index is 3.01. The first kappa shape index (κ1) is 12.9. The summed E-state index contributed by atoms with van der Waals surface area (Å²) in [5, 5.41) is 2.17. The third-order valence-corrected chi connectivity index (χ3v) is 2.39. The first-order valence-electron chi connectivity index (χ1n) is 4.47. The summed E-state index contributed by atoms with van der Waals surface area (Å²) in [6.45, 7) is 0. The number of carbonyl (C=O) groups excluding carboxylic acids is 1. The largest absolute Gasteiger partial charge is 0.376 e. The molecule has 1 aromatic carbocycles. The van der Waals surface area contributed by atoms with Crippen LogP contribution in [0.15, 0.2) is 22.7 Å². The van der Waals surface area contributed by atoms with Gasteiger partial charge in [0.15, 0.2) is 0 Å². The predicted octanol–water partition coefficient (Wildman–Crippen LogP) is 2.72. The molecule has 6 heteroatoms. The van der Waals surface area contributed by atoms with Gasteiger partial charge in [0.2, 0.25) is 0 Å². The molecule has 0 aliphatic carbocycles. The van der Waals surface area contributed by atoms with Crippen molar-refractivity contribution in [3.05, 3.63) is 22.7 Å². The molecule has 0 radical (unpaired) electrons. The third-order valence-electron chi connectivity index (χ3n) is 1.90. The second-order valence-electron chi connectivity index (χ2n) is 3.35. The summed E-state index contributed by atoms with van der Waals surface area (Å²) in [7, 11) is 3.53. The highest BCUT2D eigenvalue weighted by molar-refractivity contribution is 9.10. The van der Waals surface area contributed by atoms with Crippen LogP contribution in [-0.4, -0.2) is 26.4 Å². The van der Waals surface area contributed by atoms with E-state index in [-0.39, 0.29) is 0 Å². The number of nitrogens with one attached hydrogen (secondary N) is 1. The molecule has 0 aromatic heterocycles. The smallest absolute Gasteiger partial charge is 0.315 e. The monoisotopic (exact) mass is 292 g/mol. The number of benzene rings is 1. The van der Waals surface area contributed by atoms with E-state index in [1.54, 1.807) is 37.2 Å². The van der Waals surface area contributed by atoms with E-state index >= 15 is 0 Å². The molecule has 1 N–H and O–H groups in total. The number of hydrogen-bond donors (Lipinski definition) is 1. The minimum Gasteiger partial charge on any atom is -0.376 e. The van der Waals surface area contributed by atoms with Gasteiger partial charge < -0.3 is 10.2 Å². The molecule has 0 saturated heterocycles. The standard InChI is InChI=1S/C10H11BrF2N2O/c1-15(2)8-4-3-6(11)5-7(8)14-10(16)9(12)13/h3-5,9H,1-2H3,(H,14,16). The van der Waals surface area contributed by atoms with Crippen LogP contribution in [0.1, 0.15) is 0 Å². The van der Waals surface area contributed by atoms with E-state index in [9.17, 15) is 13.6 Å². The molecule has 0 aliphatic heterocycles. The summed E-state index contributed by atoms with van der Waals surface area (Å²) < 4.78 is 24.9. The molecule has 3 nitrogen and oxygen atoms in total. The lowest BCUT2D eigenvalue weighted by atomic mass is 10.2. The van der Waals surface area contributed by atoms with Gasteiger partial charge in [-0.3, -0.25) is 4.79 Å². The molecule has 0 bridgehead atoms. The highest BCUT2D eigenvalue weighted by Crippen LogP contribution is 2.28. The van der Waals surface area contributed by atoms with Gasteiger partial charge in [0, 0.05) is 18.6 Å². The van der Waals surface area contributed by atoms with Crippen LogP contribution < -0.4 is 10.2 Å². The summed E-state index contributed by atoms with van der Waals surface area (Å²) in [6, 6.07) is 5.08. The van der Waals surface area contributed by atoms with Crippen molar-refractivity contribution in [3.63, 3.8) is 0 Å². The molecule has 0 heterocycles. The first-order chi connectivity index (χ1) is 7.41. The van der Waals surface area contributed by atoms with Crippen molar-refractivity contribution in [2.24, 2.45) is 0 Å². The second-order valence-corrected chi connectivity index (χ2v) is 4.26. The molecular formula is C10H11BrF2N2O. The molecule has 16 heavy (non-hydrogen) atoms. The van der Waals surface area contributed by atoms with Gasteiger partial charge in [-0.15, -0.1) is 0 Å². The third kappa shape index (κ3) is 3.16.